The largest absolute Gasteiger partial charge is 0.480 e. The Morgan fingerprint density at radius 1 is 1.11 bits per heavy atom. The molecule has 0 bridgehead atoms. The number of aromatic nitrogens is 4. The molecular weight excluding hydrogens is 499 g/mol. The molecule has 0 fully saturated rings. The van der Waals surface area contributed by atoms with Crippen molar-refractivity contribution in [3.63, 3.8) is 0 Å². The third-order valence-electron chi connectivity index (χ3n) is 4.79. The Kier molecular flexibility index (Phi) is 6.59. The first-order valence-electron chi connectivity index (χ1n) is 10.3. The molecule has 0 radical (unpaired) electrons. The Morgan fingerprint density at radius 2 is 1.89 bits per heavy atom. The maximum Gasteiger partial charge on any atom is 0.267 e. The summed E-state index contributed by atoms with van der Waals surface area (Å²) >= 11 is 5.90. The minimum atomic E-state index is -4.21. The molecule has 3 aromatic heterocycles. The monoisotopic (exact) mass is 518 g/mol. The molecule has 35 heavy (non-hydrogen) atoms. The number of rotatable bonds is 7. The molecule has 1 aromatic carbocycles. The normalized spacial score (nSPS) is 11.6. The highest BCUT2D eigenvalue weighted by Crippen LogP contribution is 2.29. The van der Waals surface area contributed by atoms with Gasteiger partial charge < -0.3 is 15.0 Å². The Bertz CT molecular complexity index is 1590. The number of ether oxygens (including phenoxy) is 1. The van der Waals surface area contributed by atoms with Crippen molar-refractivity contribution in [1.29, 1.82) is 0 Å². The molecule has 0 saturated heterocycles. The summed E-state index contributed by atoms with van der Waals surface area (Å²) in [7, 11) is -2.94. The summed E-state index contributed by atoms with van der Waals surface area (Å²) in [6.45, 7) is 3.84. The quantitative estimate of drug-likeness (QED) is 0.336. The number of nitrogens with one attached hydrogen (secondary N) is 3. The fourth-order valence-corrected chi connectivity index (χ4v) is 4.70. The van der Waals surface area contributed by atoms with Gasteiger partial charge in [-0.05, 0) is 44.2 Å². The molecule has 0 saturated carbocycles. The molecule has 3 heterocycles. The highest BCUT2D eigenvalue weighted by atomic mass is 35.5. The molecule has 182 valence electrons. The first-order valence-corrected chi connectivity index (χ1v) is 12.1. The Balaban J connectivity index is 1.74. The standard InChI is InChI=1S/C22H20ClFN6O4S/c1-11(2)27-22-26-9-12-6-16(20(31)28-19(12)29-22)15-8-14(4-5-17(15)24)30-35(32,33)18-7-13(23)10-25-21(18)34-3/h4-11,30H,1-3H3,(H2,26,27,28,29,31). The number of aromatic amines is 1. The first-order chi connectivity index (χ1) is 16.6. The summed E-state index contributed by atoms with van der Waals surface area (Å²) in [5.74, 6) is -0.551. The number of sulfonamides is 1. The molecule has 4 aromatic rings. The number of anilines is 2. The van der Waals surface area contributed by atoms with E-state index in [0.29, 0.717) is 11.3 Å². The van der Waals surface area contributed by atoms with E-state index in [0.717, 1.165) is 6.07 Å². The summed E-state index contributed by atoms with van der Waals surface area (Å²) < 4.78 is 48.0. The average Bonchev–Trinajstić information content (AvgIpc) is 2.79. The van der Waals surface area contributed by atoms with Crippen LogP contribution in [0.15, 0.2) is 52.4 Å². The van der Waals surface area contributed by atoms with Crippen molar-refractivity contribution in [2.45, 2.75) is 24.8 Å². The minimum absolute atomic E-state index is 0.00987. The van der Waals surface area contributed by atoms with Crippen LogP contribution < -0.4 is 20.3 Å². The molecule has 0 amide bonds. The lowest BCUT2D eigenvalue weighted by molar-refractivity contribution is 0.385. The maximum absolute atomic E-state index is 14.8. The number of hydrogen-bond donors (Lipinski definition) is 3. The zero-order valence-electron chi connectivity index (χ0n) is 18.8. The van der Waals surface area contributed by atoms with Gasteiger partial charge in [0.2, 0.25) is 11.8 Å². The third kappa shape index (κ3) is 5.17. The van der Waals surface area contributed by atoms with Gasteiger partial charge in [0.15, 0.2) is 4.90 Å². The van der Waals surface area contributed by atoms with Gasteiger partial charge in [0, 0.05) is 35.1 Å². The predicted molar refractivity (Wildman–Crippen MR) is 131 cm³/mol. The van der Waals surface area contributed by atoms with Gasteiger partial charge >= 0.3 is 0 Å². The van der Waals surface area contributed by atoms with Gasteiger partial charge in [-0.1, -0.05) is 11.6 Å². The van der Waals surface area contributed by atoms with Crippen LogP contribution in [0.4, 0.5) is 16.0 Å². The molecular formula is C22H20ClFN6O4S. The van der Waals surface area contributed by atoms with Crippen LogP contribution in [0.25, 0.3) is 22.2 Å². The van der Waals surface area contributed by atoms with Crippen molar-refractivity contribution in [3.8, 4) is 17.0 Å². The predicted octanol–water partition coefficient (Wildman–Crippen LogP) is 3.80. The number of fused-ring (bicyclic) bond motifs is 1. The van der Waals surface area contributed by atoms with Gasteiger partial charge in [-0.3, -0.25) is 9.52 Å². The summed E-state index contributed by atoms with van der Waals surface area (Å²) in [5.41, 5.74) is -0.461. The van der Waals surface area contributed by atoms with E-state index < -0.39 is 21.4 Å². The van der Waals surface area contributed by atoms with E-state index in [1.807, 2.05) is 13.8 Å². The molecule has 10 nitrogen and oxygen atoms in total. The van der Waals surface area contributed by atoms with Crippen LogP contribution in [-0.4, -0.2) is 41.5 Å². The van der Waals surface area contributed by atoms with Gasteiger partial charge in [-0.15, -0.1) is 0 Å². The van der Waals surface area contributed by atoms with E-state index in [9.17, 15) is 17.6 Å². The van der Waals surface area contributed by atoms with Crippen molar-refractivity contribution in [2.24, 2.45) is 0 Å². The Labute approximate surface area is 204 Å². The summed E-state index contributed by atoms with van der Waals surface area (Å²) in [4.78, 5) is 27.4. The van der Waals surface area contributed by atoms with Gasteiger partial charge in [0.1, 0.15) is 11.5 Å². The molecule has 0 spiro atoms. The van der Waals surface area contributed by atoms with Crippen molar-refractivity contribution in [2.75, 3.05) is 17.1 Å². The van der Waals surface area contributed by atoms with E-state index in [-0.39, 0.29) is 44.3 Å². The second-order valence-corrected chi connectivity index (χ2v) is 9.86. The van der Waals surface area contributed by atoms with E-state index in [1.54, 1.807) is 0 Å². The highest BCUT2D eigenvalue weighted by molar-refractivity contribution is 7.92. The van der Waals surface area contributed by atoms with Crippen LogP contribution >= 0.6 is 11.6 Å². The van der Waals surface area contributed by atoms with Gasteiger partial charge in [0.25, 0.3) is 15.6 Å². The summed E-state index contributed by atoms with van der Waals surface area (Å²) in [5, 5.41) is 3.59. The van der Waals surface area contributed by atoms with Crippen LogP contribution in [0, 0.1) is 5.82 Å². The topological polar surface area (TPSA) is 139 Å². The van der Waals surface area contributed by atoms with Gasteiger partial charge in [-0.2, -0.15) is 4.98 Å². The van der Waals surface area contributed by atoms with Crippen molar-refractivity contribution in [1.82, 2.24) is 19.9 Å². The average molecular weight is 519 g/mol. The fourth-order valence-electron chi connectivity index (χ4n) is 3.28. The fraction of sp³-hybridized carbons (Fsp3) is 0.182. The van der Waals surface area contributed by atoms with E-state index in [2.05, 4.69) is 30.0 Å². The number of halogens is 2. The van der Waals surface area contributed by atoms with Crippen LogP contribution in [-0.2, 0) is 10.0 Å². The van der Waals surface area contributed by atoms with E-state index in [4.69, 9.17) is 16.3 Å². The number of pyridine rings is 2. The zero-order valence-corrected chi connectivity index (χ0v) is 20.3. The molecule has 0 aliphatic carbocycles. The lowest BCUT2D eigenvalue weighted by Gasteiger charge is -2.13. The van der Waals surface area contributed by atoms with Crippen molar-refractivity contribution >= 4 is 44.3 Å². The smallest absolute Gasteiger partial charge is 0.267 e. The molecule has 13 heteroatoms. The van der Waals surface area contributed by atoms with Crippen LogP contribution in [0.1, 0.15) is 13.8 Å². The number of hydrogen-bond acceptors (Lipinski definition) is 8. The van der Waals surface area contributed by atoms with Crippen molar-refractivity contribution < 1.29 is 17.5 Å². The second-order valence-electron chi connectivity index (χ2n) is 7.77. The van der Waals surface area contributed by atoms with E-state index in [1.165, 1.54) is 43.8 Å². The first kappa shape index (κ1) is 24.4. The lowest BCUT2D eigenvalue weighted by Crippen LogP contribution is -2.16. The number of methoxy groups -OCH3 is 1. The third-order valence-corrected chi connectivity index (χ3v) is 6.37. The Hall–Kier alpha value is -3.77. The number of benzene rings is 1. The van der Waals surface area contributed by atoms with E-state index >= 15 is 0 Å². The highest BCUT2D eigenvalue weighted by Gasteiger charge is 2.22. The number of H-pyrrole nitrogens is 1. The molecule has 4 rings (SSSR count). The van der Waals surface area contributed by atoms with Gasteiger partial charge in [0.05, 0.1) is 17.7 Å². The zero-order chi connectivity index (χ0) is 25.3. The van der Waals surface area contributed by atoms with Crippen molar-refractivity contribution in [3.05, 3.63) is 63.9 Å². The molecule has 0 aliphatic heterocycles. The molecule has 0 aliphatic rings. The van der Waals surface area contributed by atoms with Gasteiger partial charge in [-0.25, -0.2) is 22.8 Å². The number of nitrogens with zero attached hydrogens (tertiary/aromatic N) is 3. The Morgan fingerprint density at radius 3 is 2.60 bits per heavy atom. The summed E-state index contributed by atoms with van der Waals surface area (Å²) in [6, 6.07) is 6.19. The lowest BCUT2D eigenvalue weighted by atomic mass is 10.1. The SMILES string of the molecule is COc1ncc(Cl)cc1S(=O)(=O)Nc1ccc(F)c(-c2cc3cnc(NC(C)C)nc3[nH]c2=O)c1. The van der Waals surface area contributed by atoms with Crippen LogP contribution in [0.5, 0.6) is 5.88 Å². The minimum Gasteiger partial charge on any atom is -0.480 e. The molecule has 3 N–H and O–H groups in total. The summed E-state index contributed by atoms with van der Waals surface area (Å²) in [6.07, 6.45) is 2.74. The van der Waals surface area contributed by atoms with Crippen LogP contribution in [0.2, 0.25) is 5.02 Å². The maximum atomic E-state index is 14.8. The molecule has 0 atom stereocenters. The molecule has 0 unspecified atom stereocenters. The second kappa shape index (κ2) is 9.47. The van der Waals surface area contributed by atoms with Crippen LogP contribution in [0.3, 0.4) is 0 Å².